The molecule has 6 nitrogen and oxygen atoms in total. The van der Waals surface area contributed by atoms with Gasteiger partial charge in [0.25, 0.3) is 0 Å². The number of rotatable bonds is 9. The quantitative estimate of drug-likeness (QED) is 0.667. The van der Waals surface area contributed by atoms with Crippen molar-refractivity contribution in [1.29, 1.82) is 0 Å². The summed E-state index contributed by atoms with van der Waals surface area (Å²) >= 11 is 0. The first-order valence-corrected chi connectivity index (χ1v) is 7.19. The Labute approximate surface area is 130 Å². The van der Waals surface area contributed by atoms with Gasteiger partial charge >= 0.3 is 0 Å². The summed E-state index contributed by atoms with van der Waals surface area (Å²) in [4.78, 5) is 35.7. The third-order valence-corrected chi connectivity index (χ3v) is 3.66. The van der Waals surface area contributed by atoms with E-state index >= 15 is 0 Å². The van der Waals surface area contributed by atoms with Gasteiger partial charge in [0.1, 0.15) is 12.6 Å². The third kappa shape index (κ3) is 4.39. The van der Waals surface area contributed by atoms with Crippen LogP contribution in [-0.4, -0.2) is 50.6 Å². The molecule has 0 saturated heterocycles. The molecule has 0 aliphatic rings. The van der Waals surface area contributed by atoms with Gasteiger partial charge in [0, 0.05) is 38.3 Å². The largest absolute Gasteiger partial charge is 0.388 e. The molecule has 0 aliphatic heterocycles. The van der Waals surface area contributed by atoms with E-state index in [1.807, 2.05) is 24.1 Å². The van der Waals surface area contributed by atoms with Crippen molar-refractivity contribution in [3.05, 3.63) is 29.3 Å². The van der Waals surface area contributed by atoms with Crippen molar-refractivity contribution in [1.82, 2.24) is 10.2 Å². The van der Waals surface area contributed by atoms with Crippen molar-refractivity contribution < 1.29 is 14.4 Å². The van der Waals surface area contributed by atoms with E-state index in [2.05, 4.69) is 10.6 Å². The zero-order valence-corrected chi connectivity index (χ0v) is 13.3. The predicted molar refractivity (Wildman–Crippen MR) is 86.0 cm³/mol. The van der Waals surface area contributed by atoms with Gasteiger partial charge in [0.2, 0.25) is 5.91 Å². The van der Waals surface area contributed by atoms with Crippen LogP contribution >= 0.6 is 0 Å². The molecule has 0 bridgehead atoms. The molecule has 6 heteroatoms. The lowest BCUT2D eigenvalue weighted by atomic mass is 10.0. The molecule has 0 aromatic heterocycles. The van der Waals surface area contributed by atoms with Gasteiger partial charge in [-0.3, -0.25) is 14.5 Å². The number of nitrogens with zero attached hydrogens (tertiary/aromatic N) is 1. The number of nitrogens with one attached hydrogen (secondary N) is 2. The van der Waals surface area contributed by atoms with Gasteiger partial charge in [-0.25, -0.2) is 0 Å². The molecule has 120 valence electrons. The van der Waals surface area contributed by atoms with Crippen LogP contribution in [0.1, 0.15) is 28.8 Å². The zero-order chi connectivity index (χ0) is 16.5. The second-order valence-electron chi connectivity index (χ2n) is 5.03. The highest BCUT2D eigenvalue weighted by Gasteiger charge is 2.23. The molecule has 1 aromatic carbocycles. The predicted octanol–water partition coefficient (Wildman–Crippen LogP) is 1.07. The standard InChI is InChI=1S/C16H23N3O3/c1-17-14-7-4-6-12(11-21)13(14)10-19(3)15(8-5-9-20)16(22)18-2/h4,6-7,9,11,15,17H,5,8,10H2,1-3H3,(H,18,22). The SMILES string of the molecule is CNC(=O)C(CCC=O)N(C)Cc1c(C=O)cccc1NC. The first kappa shape index (κ1) is 17.8. The van der Waals surface area contributed by atoms with Crippen LogP contribution < -0.4 is 10.6 Å². The van der Waals surface area contributed by atoms with Crippen molar-refractivity contribution >= 4 is 24.2 Å². The van der Waals surface area contributed by atoms with Gasteiger partial charge in [-0.15, -0.1) is 0 Å². The smallest absolute Gasteiger partial charge is 0.237 e. The first-order chi connectivity index (χ1) is 10.6. The zero-order valence-electron chi connectivity index (χ0n) is 13.3. The molecule has 0 radical (unpaired) electrons. The number of likely N-dealkylation sites (N-methyl/N-ethyl adjacent to an activating group) is 2. The number of amides is 1. The average molecular weight is 305 g/mol. The summed E-state index contributed by atoms with van der Waals surface area (Å²) in [6.45, 7) is 0.433. The summed E-state index contributed by atoms with van der Waals surface area (Å²) in [5.41, 5.74) is 2.27. The Morgan fingerprint density at radius 2 is 2.05 bits per heavy atom. The average Bonchev–Trinajstić information content (AvgIpc) is 2.54. The van der Waals surface area contributed by atoms with Crippen LogP contribution in [0.2, 0.25) is 0 Å². The van der Waals surface area contributed by atoms with Crippen LogP contribution in [0.5, 0.6) is 0 Å². The van der Waals surface area contributed by atoms with Gasteiger partial charge in [0.05, 0.1) is 6.04 Å². The minimum atomic E-state index is -0.417. The fraction of sp³-hybridized carbons (Fsp3) is 0.438. The van der Waals surface area contributed by atoms with Gasteiger partial charge in [-0.2, -0.15) is 0 Å². The number of carbonyl (C=O) groups excluding carboxylic acids is 3. The van der Waals surface area contributed by atoms with Crippen molar-refractivity contribution in [2.24, 2.45) is 0 Å². The summed E-state index contributed by atoms with van der Waals surface area (Å²) in [6.07, 6.45) is 2.38. The van der Waals surface area contributed by atoms with E-state index in [1.165, 1.54) is 0 Å². The van der Waals surface area contributed by atoms with Gasteiger partial charge < -0.3 is 15.4 Å². The maximum Gasteiger partial charge on any atom is 0.237 e. The minimum absolute atomic E-state index is 0.140. The lowest BCUT2D eigenvalue weighted by Gasteiger charge is -2.27. The van der Waals surface area contributed by atoms with Crippen LogP contribution in [0.3, 0.4) is 0 Å². The summed E-state index contributed by atoms with van der Waals surface area (Å²) in [7, 11) is 5.17. The molecule has 1 unspecified atom stereocenters. The molecule has 1 atom stereocenters. The van der Waals surface area contributed by atoms with E-state index in [4.69, 9.17) is 0 Å². The van der Waals surface area contributed by atoms with Crippen LogP contribution in [0, 0.1) is 0 Å². The molecular weight excluding hydrogens is 282 g/mol. The minimum Gasteiger partial charge on any atom is -0.388 e. The van der Waals surface area contributed by atoms with E-state index in [9.17, 15) is 14.4 Å². The molecule has 1 amide bonds. The fourth-order valence-electron chi connectivity index (χ4n) is 2.43. The monoisotopic (exact) mass is 305 g/mol. The lowest BCUT2D eigenvalue weighted by molar-refractivity contribution is -0.126. The van der Waals surface area contributed by atoms with E-state index in [0.717, 1.165) is 23.8 Å². The first-order valence-electron chi connectivity index (χ1n) is 7.19. The maximum absolute atomic E-state index is 12.0. The molecular formula is C16H23N3O3. The third-order valence-electron chi connectivity index (χ3n) is 3.66. The summed E-state index contributed by atoms with van der Waals surface area (Å²) < 4.78 is 0. The van der Waals surface area contributed by atoms with E-state index in [0.29, 0.717) is 24.9 Å². The number of aldehydes is 2. The molecule has 0 fully saturated rings. The van der Waals surface area contributed by atoms with Crippen molar-refractivity contribution in [3.63, 3.8) is 0 Å². The highest BCUT2D eigenvalue weighted by molar-refractivity contribution is 5.82. The number of carbonyl (C=O) groups is 3. The van der Waals surface area contributed by atoms with Crippen LogP contribution in [0.15, 0.2) is 18.2 Å². The second-order valence-corrected chi connectivity index (χ2v) is 5.03. The molecule has 0 spiro atoms. The van der Waals surface area contributed by atoms with Crippen LogP contribution in [0.4, 0.5) is 5.69 Å². The van der Waals surface area contributed by atoms with Crippen molar-refractivity contribution in [3.8, 4) is 0 Å². The summed E-state index contributed by atoms with van der Waals surface area (Å²) in [5, 5.41) is 5.67. The van der Waals surface area contributed by atoms with Crippen LogP contribution in [-0.2, 0) is 16.1 Å². The number of hydrogen-bond acceptors (Lipinski definition) is 5. The Morgan fingerprint density at radius 1 is 1.32 bits per heavy atom. The molecule has 1 aromatic rings. The van der Waals surface area contributed by atoms with Crippen LogP contribution in [0.25, 0.3) is 0 Å². The topological polar surface area (TPSA) is 78.5 Å². The molecule has 1 rings (SSSR count). The van der Waals surface area contributed by atoms with Crippen molar-refractivity contribution in [2.75, 3.05) is 26.5 Å². The van der Waals surface area contributed by atoms with Gasteiger partial charge in [-0.1, -0.05) is 12.1 Å². The van der Waals surface area contributed by atoms with E-state index in [-0.39, 0.29) is 5.91 Å². The Hall–Kier alpha value is -2.21. The Bertz CT molecular complexity index is 531. The lowest BCUT2D eigenvalue weighted by Crippen LogP contribution is -2.43. The summed E-state index contributed by atoms with van der Waals surface area (Å²) in [6, 6.07) is 5.02. The molecule has 22 heavy (non-hydrogen) atoms. The van der Waals surface area contributed by atoms with E-state index < -0.39 is 6.04 Å². The normalized spacial score (nSPS) is 11.8. The number of anilines is 1. The molecule has 0 saturated carbocycles. The number of hydrogen-bond donors (Lipinski definition) is 2. The summed E-state index contributed by atoms with van der Waals surface area (Å²) in [5.74, 6) is -0.140. The van der Waals surface area contributed by atoms with E-state index in [1.54, 1.807) is 20.2 Å². The maximum atomic E-state index is 12.0. The van der Waals surface area contributed by atoms with Gasteiger partial charge in [-0.05, 0) is 25.1 Å². The Morgan fingerprint density at radius 3 is 2.59 bits per heavy atom. The molecule has 0 aliphatic carbocycles. The molecule has 2 N–H and O–H groups in total. The highest BCUT2D eigenvalue weighted by Crippen LogP contribution is 2.21. The molecule has 0 heterocycles. The Kier molecular flexibility index (Phi) is 7.25. The second kappa shape index (κ2) is 8.94. The fourth-order valence-corrected chi connectivity index (χ4v) is 2.43. The number of benzene rings is 1. The Balaban J connectivity index is 3.02. The highest BCUT2D eigenvalue weighted by atomic mass is 16.2. The van der Waals surface area contributed by atoms with Crippen molar-refractivity contribution in [2.45, 2.75) is 25.4 Å². The van der Waals surface area contributed by atoms with Gasteiger partial charge in [0.15, 0.2) is 0 Å².